The molecular weight excluding hydrogens is 204 g/mol. The first-order chi connectivity index (χ1) is 7.65. The quantitative estimate of drug-likeness (QED) is 0.720. The average molecular weight is 228 g/mol. The van der Waals surface area contributed by atoms with Crippen molar-refractivity contribution in [3.8, 4) is 0 Å². The summed E-state index contributed by atoms with van der Waals surface area (Å²) >= 11 is 0. The van der Waals surface area contributed by atoms with E-state index in [4.69, 9.17) is 5.11 Å². The molecule has 0 aromatic carbocycles. The molecule has 0 heterocycles. The van der Waals surface area contributed by atoms with E-state index in [9.17, 15) is 4.79 Å². The number of likely N-dealkylation sites (N-methyl/N-ethyl adjacent to an activating group) is 1. The van der Waals surface area contributed by atoms with E-state index in [0.717, 1.165) is 6.54 Å². The molecule has 4 nitrogen and oxygen atoms in total. The molecule has 1 fully saturated rings. The fraction of sp³-hybridized carbons (Fsp3) is 0.917. The van der Waals surface area contributed by atoms with Crippen molar-refractivity contribution >= 4 is 5.97 Å². The number of nitrogens with one attached hydrogen (secondary N) is 1. The maximum absolute atomic E-state index is 10.8. The summed E-state index contributed by atoms with van der Waals surface area (Å²) in [5.41, 5.74) is 0. The van der Waals surface area contributed by atoms with Gasteiger partial charge in [-0.25, -0.2) is 0 Å². The molecule has 1 unspecified atom stereocenters. The lowest BCUT2D eigenvalue weighted by molar-refractivity contribution is -0.139. The molecule has 0 spiro atoms. The third-order valence-corrected chi connectivity index (χ3v) is 3.62. The molecule has 0 aromatic heterocycles. The second kappa shape index (κ2) is 6.86. The normalized spacial score (nSPS) is 19.9. The predicted molar refractivity (Wildman–Crippen MR) is 64.6 cm³/mol. The molecule has 0 saturated heterocycles. The maximum Gasteiger partial charge on any atom is 0.320 e. The third kappa shape index (κ3) is 4.10. The summed E-state index contributed by atoms with van der Waals surface area (Å²) < 4.78 is 0. The van der Waals surface area contributed by atoms with Gasteiger partial charge in [0.15, 0.2) is 0 Å². The van der Waals surface area contributed by atoms with E-state index in [1.807, 2.05) is 0 Å². The lowest BCUT2D eigenvalue weighted by atomic mass is 9.94. The lowest BCUT2D eigenvalue weighted by Crippen LogP contribution is -2.40. The van der Waals surface area contributed by atoms with Crippen molar-refractivity contribution in [2.24, 2.45) is 0 Å². The Bertz CT molecular complexity index is 215. The molecule has 0 bridgehead atoms. The molecule has 1 rings (SSSR count). The van der Waals surface area contributed by atoms with Gasteiger partial charge in [-0.3, -0.25) is 4.79 Å². The van der Waals surface area contributed by atoms with Gasteiger partial charge >= 0.3 is 5.97 Å². The fourth-order valence-corrected chi connectivity index (χ4v) is 2.43. The highest BCUT2D eigenvalue weighted by Crippen LogP contribution is 2.21. The summed E-state index contributed by atoms with van der Waals surface area (Å²) in [7, 11) is 3.82. The fourth-order valence-electron chi connectivity index (χ4n) is 2.43. The number of hydrogen-bond donors (Lipinski definition) is 2. The Labute approximate surface area is 98.0 Å². The molecular formula is C12H24N2O2. The first-order valence-corrected chi connectivity index (χ1v) is 6.25. The highest BCUT2D eigenvalue weighted by Gasteiger charge is 2.20. The number of hydrogen-bond acceptors (Lipinski definition) is 3. The highest BCUT2D eigenvalue weighted by atomic mass is 16.4. The van der Waals surface area contributed by atoms with Gasteiger partial charge in [-0.1, -0.05) is 19.3 Å². The van der Waals surface area contributed by atoms with Gasteiger partial charge in [-0.2, -0.15) is 0 Å². The van der Waals surface area contributed by atoms with E-state index in [1.54, 1.807) is 7.05 Å². The molecule has 2 N–H and O–H groups in total. The zero-order chi connectivity index (χ0) is 12.0. The molecule has 1 atom stereocenters. The summed E-state index contributed by atoms with van der Waals surface area (Å²) in [5, 5.41) is 11.7. The number of carboxylic acid groups (broad SMARTS) is 1. The van der Waals surface area contributed by atoms with E-state index >= 15 is 0 Å². The molecule has 1 saturated carbocycles. The van der Waals surface area contributed by atoms with Gasteiger partial charge in [0.25, 0.3) is 0 Å². The zero-order valence-electron chi connectivity index (χ0n) is 10.4. The number of aliphatic carboxylic acids is 1. The Morgan fingerprint density at radius 1 is 1.44 bits per heavy atom. The predicted octanol–water partition coefficient (Wildman–Crippen LogP) is 1.31. The minimum atomic E-state index is -0.750. The van der Waals surface area contributed by atoms with Gasteiger partial charge < -0.3 is 15.3 Å². The first kappa shape index (κ1) is 13.5. The molecule has 0 aromatic rings. The number of nitrogens with zero attached hydrogens (tertiary/aromatic N) is 1. The van der Waals surface area contributed by atoms with Crippen LogP contribution in [0.2, 0.25) is 0 Å². The van der Waals surface area contributed by atoms with Crippen LogP contribution >= 0.6 is 0 Å². The van der Waals surface area contributed by atoms with Crippen LogP contribution in [-0.4, -0.2) is 48.7 Å². The minimum Gasteiger partial charge on any atom is -0.480 e. The lowest BCUT2D eigenvalue weighted by Gasteiger charge is -2.31. The zero-order valence-corrected chi connectivity index (χ0v) is 10.4. The van der Waals surface area contributed by atoms with Crippen LogP contribution in [-0.2, 0) is 4.79 Å². The number of rotatable bonds is 6. The van der Waals surface area contributed by atoms with Crippen LogP contribution in [0.5, 0.6) is 0 Å². The van der Waals surface area contributed by atoms with Crippen LogP contribution < -0.4 is 5.32 Å². The van der Waals surface area contributed by atoms with Gasteiger partial charge in [0.1, 0.15) is 6.04 Å². The van der Waals surface area contributed by atoms with E-state index in [2.05, 4.69) is 17.3 Å². The molecule has 0 radical (unpaired) electrons. The SMILES string of the molecule is CNC(CCN(C)C1CCCCC1)C(=O)O. The van der Waals surface area contributed by atoms with Gasteiger partial charge in [-0.05, 0) is 33.4 Å². The van der Waals surface area contributed by atoms with Crippen LogP contribution in [0.1, 0.15) is 38.5 Å². The van der Waals surface area contributed by atoms with Crippen molar-refractivity contribution in [3.05, 3.63) is 0 Å². The van der Waals surface area contributed by atoms with Gasteiger partial charge in [0.2, 0.25) is 0 Å². The van der Waals surface area contributed by atoms with Crippen LogP contribution in [0.25, 0.3) is 0 Å². The molecule has 0 aliphatic heterocycles. The van der Waals surface area contributed by atoms with Crippen molar-refractivity contribution in [1.82, 2.24) is 10.2 Å². The topological polar surface area (TPSA) is 52.6 Å². The monoisotopic (exact) mass is 228 g/mol. The smallest absolute Gasteiger partial charge is 0.320 e. The first-order valence-electron chi connectivity index (χ1n) is 6.25. The van der Waals surface area contributed by atoms with Crippen molar-refractivity contribution in [2.75, 3.05) is 20.6 Å². The van der Waals surface area contributed by atoms with E-state index in [0.29, 0.717) is 12.5 Å². The Morgan fingerprint density at radius 2 is 2.06 bits per heavy atom. The number of carboxylic acids is 1. The summed E-state index contributed by atoms with van der Waals surface area (Å²) in [6, 6.07) is 0.256. The molecule has 94 valence electrons. The Balaban J connectivity index is 2.27. The van der Waals surface area contributed by atoms with Crippen LogP contribution in [0.3, 0.4) is 0 Å². The summed E-state index contributed by atoms with van der Waals surface area (Å²) in [6.07, 6.45) is 7.23. The largest absolute Gasteiger partial charge is 0.480 e. The van der Waals surface area contributed by atoms with Gasteiger partial charge in [-0.15, -0.1) is 0 Å². The van der Waals surface area contributed by atoms with Crippen LogP contribution in [0.4, 0.5) is 0 Å². The van der Waals surface area contributed by atoms with Gasteiger partial charge in [0.05, 0.1) is 0 Å². The Kier molecular flexibility index (Phi) is 5.77. The second-order valence-electron chi connectivity index (χ2n) is 4.74. The summed E-state index contributed by atoms with van der Waals surface area (Å²) in [6.45, 7) is 0.864. The molecule has 1 aliphatic carbocycles. The van der Waals surface area contributed by atoms with E-state index in [1.165, 1.54) is 32.1 Å². The van der Waals surface area contributed by atoms with Crippen LogP contribution in [0.15, 0.2) is 0 Å². The average Bonchev–Trinajstić information content (AvgIpc) is 2.30. The van der Waals surface area contributed by atoms with Crippen molar-refractivity contribution in [3.63, 3.8) is 0 Å². The van der Waals surface area contributed by atoms with E-state index < -0.39 is 12.0 Å². The van der Waals surface area contributed by atoms with Gasteiger partial charge in [0, 0.05) is 12.6 Å². The standard InChI is InChI=1S/C12H24N2O2/c1-13-11(12(15)16)8-9-14(2)10-6-4-3-5-7-10/h10-11,13H,3-9H2,1-2H3,(H,15,16). The Hall–Kier alpha value is -0.610. The Morgan fingerprint density at radius 3 is 2.56 bits per heavy atom. The summed E-state index contributed by atoms with van der Waals surface area (Å²) in [4.78, 5) is 13.2. The van der Waals surface area contributed by atoms with E-state index in [-0.39, 0.29) is 0 Å². The van der Waals surface area contributed by atoms with Crippen molar-refractivity contribution < 1.29 is 9.90 Å². The highest BCUT2D eigenvalue weighted by molar-refractivity contribution is 5.73. The molecule has 1 aliphatic rings. The second-order valence-corrected chi connectivity index (χ2v) is 4.74. The number of carbonyl (C=O) groups is 1. The van der Waals surface area contributed by atoms with Crippen LogP contribution in [0, 0.1) is 0 Å². The molecule has 4 heteroatoms. The third-order valence-electron chi connectivity index (χ3n) is 3.62. The van der Waals surface area contributed by atoms with Crippen molar-refractivity contribution in [1.29, 1.82) is 0 Å². The van der Waals surface area contributed by atoms with Crippen molar-refractivity contribution in [2.45, 2.75) is 50.6 Å². The summed E-state index contributed by atoms with van der Waals surface area (Å²) in [5.74, 6) is -0.750. The minimum absolute atomic E-state index is 0.411. The maximum atomic E-state index is 10.8. The molecule has 0 amide bonds. The molecule has 16 heavy (non-hydrogen) atoms.